The number of benzene rings is 1. The van der Waals surface area contributed by atoms with E-state index in [0.717, 1.165) is 45.6 Å². The number of carbonyl (C=O) groups is 1. The molecule has 0 bridgehead atoms. The summed E-state index contributed by atoms with van der Waals surface area (Å²) in [5, 5.41) is 0. The predicted molar refractivity (Wildman–Crippen MR) is 97.2 cm³/mol. The summed E-state index contributed by atoms with van der Waals surface area (Å²) < 4.78 is 2.08. The summed E-state index contributed by atoms with van der Waals surface area (Å²) >= 11 is 0. The van der Waals surface area contributed by atoms with Gasteiger partial charge in [-0.05, 0) is 31.2 Å². The zero-order valence-electron chi connectivity index (χ0n) is 14.7. The molecule has 5 nitrogen and oxygen atoms in total. The molecule has 1 aliphatic carbocycles. The van der Waals surface area contributed by atoms with E-state index in [9.17, 15) is 4.79 Å². The molecule has 1 amide bonds. The fraction of sp³-hybridized carbons (Fsp3) is 0.500. The quantitative estimate of drug-likeness (QED) is 0.857. The molecular formula is C20H26N4O. The molecule has 0 radical (unpaired) electrons. The van der Waals surface area contributed by atoms with Crippen LogP contribution in [-0.2, 0) is 30.7 Å². The number of hydrogen-bond acceptors (Lipinski definition) is 3. The van der Waals surface area contributed by atoms with E-state index < -0.39 is 0 Å². The van der Waals surface area contributed by atoms with Gasteiger partial charge in [-0.1, -0.05) is 30.3 Å². The minimum atomic E-state index is 0.227. The lowest BCUT2D eigenvalue weighted by Gasteiger charge is -2.35. The van der Waals surface area contributed by atoms with Crippen molar-refractivity contribution in [2.45, 2.75) is 38.8 Å². The fourth-order valence-corrected chi connectivity index (χ4v) is 3.91. The first-order chi connectivity index (χ1) is 12.3. The van der Waals surface area contributed by atoms with Crippen molar-refractivity contribution >= 4 is 5.91 Å². The Labute approximate surface area is 149 Å². The summed E-state index contributed by atoms with van der Waals surface area (Å²) in [6.07, 6.45) is 6.42. The molecular weight excluding hydrogens is 312 g/mol. The number of carbonyl (C=O) groups excluding carboxylic acids is 1. The number of aryl methyl sites for hydroxylation is 1. The van der Waals surface area contributed by atoms with E-state index in [-0.39, 0.29) is 5.91 Å². The maximum Gasteiger partial charge on any atom is 0.242 e. The van der Waals surface area contributed by atoms with Gasteiger partial charge >= 0.3 is 0 Å². The zero-order valence-corrected chi connectivity index (χ0v) is 14.7. The molecule has 25 heavy (non-hydrogen) atoms. The van der Waals surface area contributed by atoms with Gasteiger partial charge in [0.25, 0.3) is 0 Å². The summed E-state index contributed by atoms with van der Waals surface area (Å²) in [5.41, 5.74) is 3.82. The van der Waals surface area contributed by atoms with Crippen molar-refractivity contribution in [1.29, 1.82) is 0 Å². The van der Waals surface area contributed by atoms with Crippen molar-refractivity contribution in [1.82, 2.24) is 19.4 Å². The number of fused-ring (bicyclic) bond motifs is 1. The van der Waals surface area contributed by atoms with Crippen LogP contribution in [0, 0.1) is 0 Å². The van der Waals surface area contributed by atoms with Gasteiger partial charge < -0.3 is 9.47 Å². The molecule has 0 unspecified atom stereocenters. The summed E-state index contributed by atoms with van der Waals surface area (Å²) in [6, 6.07) is 10.6. The van der Waals surface area contributed by atoms with Crippen LogP contribution in [0.15, 0.2) is 36.7 Å². The van der Waals surface area contributed by atoms with Crippen molar-refractivity contribution in [3.05, 3.63) is 53.6 Å². The minimum absolute atomic E-state index is 0.227. The molecule has 5 heteroatoms. The average Bonchev–Trinajstić information content (AvgIpc) is 3.06. The molecule has 4 rings (SSSR count). The van der Waals surface area contributed by atoms with Crippen LogP contribution in [0.3, 0.4) is 0 Å². The third-order valence-electron chi connectivity index (χ3n) is 5.39. The second-order valence-electron chi connectivity index (χ2n) is 7.12. The smallest absolute Gasteiger partial charge is 0.242 e. The van der Waals surface area contributed by atoms with Crippen LogP contribution in [0.25, 0.3) is 0 Å². The van der Waals surface area contributed by atoms with Crippen molar-refractivity contribution < 1.29 is 4.79 Å². The van der Waals surface area contributed by atoms with E-state index in [1.54, 1.807) is 0 Å². The number of piperazine rings is 1. The minimum Gasteiger partial charge on any atom is -0.339 e. The molecule has 2 aliphatic rings. The average molecular weight is 338 g/mol. The molecule has 1 aromatic heterocycles. The summed E-state index contributed by atoms with van der Waals surface area (Å²) in [7, 11) is 0. The Morgan fingerprint density at radius 3 is 2.56 bits per heavy atom. The number of imidazole rings is 1. The highest BCUT2D eigenvalue weighted by molar-refractivity contribution is 5.76. The number of nitrogens with zero attached hydrogens (tertiary/aromatic N) is 4. The molecule has 1 saturated heterocycles. The van der Waals surface area contributed by atoms with Gasteiger partial charge in [0, 0.05) is 38.4 Å². The van der Waals surface area contributed by atoms with Crippen LogP contribution >= 0.6 is 0 Å². The lowest BCUT2D eigenvalue weighted by Crippen LogP contribution is -2.49. The number of hydrogen-bond donors (Lipinski definition) is 0. The Bertz CT molecular complexity index is 717. The normalized spacial score (nSPS) is 18.2. The highest BCUT2D eigenvalue weighted by Crippen LogP contribution is 2.20. The summed E-state index contributed by atoms with van der Waals surface area (Å²) in [6.45, 7) is 4.95. The highest BCUT2D eigenvalue weighted by Gasteiger charge is 2.23. The maximum atomic E-state index is 12.7. The van der Waals surface area contributed by atoms with Gasteiger partial charge in [-0.2, -0.15) is 0 Å². The Morgan fingerprint density at radius 1 is 1.00 bits per heavy atom. The Kier molecular flexibility index (Phi) is 4.83. The van der Waals surface area contributed by atoms with Gasteiger partial charge in [-0.25, -0.2) is 4.98 Å². The number of aromatic nitrogens is 2. The van der Waals surface area contributed by atoms with Crippen LogP contribution in [-0.4, -0.2) is 51.4 Å². The zero-order chi connectivity index (χ0) is 17.1. The van der Waals surface area contributed by atoms with Crippen LogP contribution < -0.4 is 0 Å². The summed E-state index contributed by atoms with van der Waals surface area (Å²) in [4.78, 5) is 21.6. The molecule has 1 aromatic carbocycles. The van der Waals surface area contributed by atoms with Gasteiger partial charge in [-0.3, -0.25) is 9.69 Å². The van der Waals surface area contributed by atoms with Crippen LogP contribution in [0.5, 0.6) is 0 Å². The van der Waals surface area contributed by atoms with Crippen LogP contribution in [0.2, 0.25) is 0 Å². The Morgan fingerprint density at radius 2 is 1.76 bits per heavy atom. The number of amides is 1. The predicted octanol–water partition coefficient (Wildman–Crippen LogP) is 2.11. The topological polar surface area (TPSA) is 41.4 Å². The first-order valence-corrected chi connectivity index (χ1v) is 9.36. The largest absolute Gasteiger partial charge is 0.339 e. The van der Waals surface area contributed by atoms with E-state index in [1.165, 1.54) is 29.8 Å². The van der Waals surface area contributed by atoms with E-state index in [2.05, 4.69) is 44.8 Å². The van der Waals surface area contributed by atoms with Crippen LogP contribution in [0.1, 0.15) is 29.8 Å². The number of rotatable bonds is 4. The molecule has 1 fully saturated rings. The Balaban J connectivity index is 1.30. The molecule has 0 N–H and O–H groups in total. The van der Waals surface area contributed by atoms with Crippen molar-refractivity contribution in [3.8, 4) is 0 Å². The first-order valence-electron chi connectivity index (χ1n) is 9.36. The molecule has 0 atom stereocenters. The van der Waals surface area contributed by atoms with Crippen molar-refractivity contribution in [3.63, 3.8) is 0 Å². The molecule has 1 aliphatic heterocycles. The molecule has 0 saturated carbocycles. The third-order valence-corrected chi connectivity index (χ3v) is 5.39. The Hall–Kier alpha value is -2.14. The molecule has 132 valence electrons. The van der Waals surface area contributed by atoms with Crippen molar-refractivity contribution in [2.75, 3.05) is 26.2 Å². The standard InChI is InChI=1S/C20H26N4O/c25-20(15-24-16-21-18-8-4-5-9-19(18)24)23-12-10-22(11-13-23)14-17-6-2-1-3-7-17/h1-3,6-7,16H,4-5,8-15H2. The lowest BCUT2D eigenvalue weighted by atomic mass is 10.0. The SMILES string of the molecule is O=C(Cn1cnc2c1CCCC2)N1CCN(Cc2ccccc2)CC1. The molecule has 0 spiro atoms. The maximum absolute atomic E-state index is 12.7. The third kappa shape index (κ3) is 3.76. The van der Waals surface area contributed by atoms with Crippen LogP contribution in [0.4, 0.5) is 0 Å². The van der Waals surface area contributed by atoms with Gasteiger partial charge in [0.1, 0.15) is 6.54 Å². The van der Waals surface area contributed by atoms with E-state index in [1.807, 2.05) is 11.2 Å². The lowest BCUT2D eigenvalue weighted by molar-refractivity contribution is -0.133. The van der Waals surface area contributed by atoms with Gasteiger partial charge in [0.2, 0.25) is 5.91 Å². The first kappa shape index (κ1) is 16.3. The van der Waals surface area contributed by atoms with E-state index >= 15 is 0 Å². The summed E-state index contributed by atoms with van der Waals surface area (Å²) in [5.74, 6) is 0.227. The van der Waals surface area contributed by atoms with Gasteiger partial charge in [-0.15, -0.1) is 0 Å². The monoisotopic (exact) mass is 338 g/mol. The van der Waals surface area contributed by atoms with E-state index in [0.29, 0.717) is 6.54 Å². The molecule has 2 aromatic rings. The van der Waals surface area contributed by atoms with E-state index in [4.69, 9.17) is 0 Å². The highest BCUT2D eigenvalue weighted by atomic mass is 16.2. The van der Waals surface area contributed by atoms with Crippen molar-refractivity contribution in [2.24, 2.45) is 0 Å². The van der Waals surface area contributed by atoms with Gasteiger partial charge in [0.15, 0.2) is 0 Å². The van der Waals surface area contributed by atoms with Gasteiger partial charge in [0.05, 0.1) is 12.0 Å². The fourth-order valence-electron chi connectivity index (χ4n) is 3.91. The molecule has 2 heterocycles. The second-order valence-corrected chi connectivity index (χ2v) is 7.12. The second kappa shape index (κ2) is 7.40.